The number of benzene rings is 2. The molecule has 0 aliphatic carbocycles. The number of nitro groups is 1. The van der Waals surface area contributed by atoms with Crippen LogP contribution in [0.3, 0.4) is 0 Å². The first-order chi connectivity index (χ1) is 13.1. The van der Waals surface area contributed by atoms with Crippen LogP contribution in [0.5, 0.6) is 0 Å². The zero-order valence-corrected chi connectivity index (χ0v) is 14.1. The fourth-order valence-electron chi connectivity index (χ4n) is 2.85. The fourth-order valence-corrected chi connectivity index (χ4v) is 2.85. The second-order valence-electron chi connectivity index (χ2n) is 5.90. The number of nitrogens with one attached hydrogen (secondary N) is 1. The van der Waals surface area contributed by atoms with Gasteiger partial charge in [-0.15, -0.1) is 0 Å². The van der Waals surface area contributed by atoms with Crippen molar-refractivity contribution in [1.29, 1.82) is 0 Å². The number of nitro benzene ring substituents is 1. The Morgan fingerprint density at radius 3 is 2.67 bits per heavy atom. The van der Waals surface area contributed by atoms with Gasteiger partial charge in [0.15, 0.2) is 0 Å². The third-order valence-corrected chi connectivity index (χ3v) is 4.13. The Labute approximate surface area is 154 Å². The molecule has 4 rings (SSSR count). The standard InChI is InChI=1S/C20H14N4O3/c25-20(16-8-1-2-9-18(16)24(26)27)21-15-7-5-6-14(12-15)17-13-23-11-4-3-10-19(23)22-17/h1-13H,(H,21,25). The number of para-hydroxylation sites is 1. The molecule has 0 bridgehead atoms. The number of pyridine rings is 1. The Morgan fingerprint density at radius 2 is 1.85 bits per heavy atom. The molecule has 7 nitrogen and oxygen atoms in total. The topological polar surface area (TPSA) is 89.5 Å². The van der Waals surface area contributed by atoms with Gasteiger partial charge in [0, 0.05) is 29.7 Å². The quantitative estimate of drug-likeness (QED) is 0.438. The molecule has 2 aromatic carbocycles. The normalized spacial score (nSPS) is 10.7. The molecule has 0 aliphatic heterocycles. The SMILES string of the molecule is O=C(Nc1cccc(-c2cn3ccccc3n2)c1)c1ccccc1[N+](=O)[O-]. The van der Waals surface area contributed by atoms with E-state index in [1.54, 1.807) is 24.3 Å². The monoisotopic (exact) mass is 358 g/mol. The molecule has 2 aromatic heterocycles. The molecule has 27 heavy (non-hydrogen) atoms. The summed E-state index contributed by atoms with van der Waals surface area (Å²) in [6.07, 6.45) is 3.81. The van der Waals surface area contributed by atoms with Gasteiger partial charge in [-0.2, -0.15) is 0 Å². The van der Waals surface area contributed by atoms with Crippen LogP contribution < -0.4 is 5.32 Å². The largest absolute Gasteiger partial charge is 0.322 e. The van der Waals surface area contributed by atoms with Gasteiger partial charge in [-0.3, -0.25) is 14.9 Å². The first-order valence-corrected chi connectivity index (χ1v) is 8.21. The summed E-state index contributed by atoms with van der Waals surface area (Å²) in [6, 6.07) is 18.8. The number of carbonyl (C=O) groups excluding carboxylic acids is 1. The van der Waals surface area contributed by atoms with E-state index in [2.05, 4.69) is 10.3 Å². The third kappa shape index (κ3) is 3.25. The zero-order valence-electron chi connectivity index (χ0n) is 14.1. The number of anilines is 1. The molecule has 7 heteroatoms. The van der Waals surface area contributed by atoms with E-state index < -0.39 is 10.8 Å². The molecule has 2 heterocycles. The minimum Gasteiger partial charge on any atom is -0.322 e. The molecule has 0 saturated heterocycles. The molecule has 0 radical (unpaired) electrons. The Kier molecular flexibility index (Phi) is 4.10. The first-order valence-electron chi connectivity index (χ1n) is 8.21. The lowest BCUT2D eigenvalue weighted by Gasteiger charge is -2.07. The highest BCUT2D eigenvalue weighted by molar-refractivity contribution is 6.07. The molecule has 0 saturated carbocycles. The number of imidazole rings is 1. The number of nitrogens with zero attached hydrogens (tertiary/aromatic N) is 3. The molecule has 0 spiro atoms. The number of amides is 1. The average molecular weight is 358 g/mol. The Hall–Kier alpha value is -4.00. The second kappa shape index (κ2) is 6.72. The zero-order chi connectivity index (χ0) is 18.8. The van der Waals surface area contributed by atoms with E-state index in [-0.39, 0.29) is 11.3 Å². The van der Waals surface area contributed by atoms with Crippen molar-refractivity contribution in [2.75, 3.05) is 5.32 Å². The second-order valence-corrected chi connectivity index (χ2v) is 5.90. The molecule has 1 N–H and O–H groups in total. The molecule has 0 fully saturated rings. The summed E-state index contributed by atoms with van der Waals surface area (Å²) >= 11 is 0. The van der Waals surface area contributed by atoms with Crippen LogP contribution in [0.25, 0.3) is 16.9 Å². The molecular weight excluding hydrogens is 344 g/mol. The van der Waals surface area contributed by atoms with Crippen molar-refractivity contribution in [1.82, 2.24) is 9.38 Å². The predicted octanol–water partition coefficient (Wildman–Crippen LogP) is 4.16. The van der Waals surface area contributed by atoms with E-state index in [4.69, 9.17) is 0 Å². The highest BCUT2D eigenvalue weighted by Gasteiger charge is 2.19. The number of hydrogen-bond acceptors (Lipinski definition) is 4. The van der Waals surface area contributed by atoms with Crippen molar-refractivity contribution in [2.24, 2.45) is 0 Å². The molecular formula is C20H14N4O3. The van der Waals surface area contributed by atoms with Gasteiger partial charge in [0.1, 0.15) is 11.2 Å². The van der Waals surface area contributed by atoms with Gasteiger partial charge in [-0.25, -0.2) is 4.98 Å². The van der Waals surface area contributed by atoms with Crippen molar-refractivity contribution in [3.05, 3.63) is 94.8 Å². The summed E-state index contributed by atoms with van der Waals surface area (Å²) in [4.78, 5) is 27.6. The van der Waals surface area contributed by atoms with Crippen LogP contribution in [-0.2, 0) is 0 Å². The minimum absolute atomic E-state index is 0.0145. The lowest BCUT2D eigenvalue weighted by molar-refractivity contribution is -0.385. The summed E-state index contributed by atoms with van der Waals surface area (Å²) in [7, 11) is 0. The maximum atomic E-state index is 12.5. The van der Waals surface area contributed by atoms with Crippen LogP contribution in [-0.4, -0.2) is 20.2 Å². The fraction of sp³-hybridized carbons (Fsp3) is 0. The van der Waals surface area contributed by atoms with E-state index in [1.807, 2.05) is 41.1 Å². The van der Waals surface area contributed by atoms with Crippen molar-refractivity contribution in [3.63, 3.8) is 0 Å². The first kappa shape index (κ1) is 16.5. The molecule has 1 amide bonds. The van der Waals surface area contributed by atoms with Crippen molar-refractivity contribution < 1.29 is 9.72 Å². The van der Waals surface area contributed by atoms with E-state index >= 15 is 0 Å². The molecule has 4 aromatic rings. The number of aromatic nitrogens is 2. The van der Waals surface area contributed by atoms with Crippen molar-refractivity contribution in [2.45, 2.75) is 0 Å². The van der Waals surface area contributed by atoms with Crippen LogP contribution in [0.2, 0.25) is 0 Å². The van der Waals surface area contributed by atoms with E-state index in [0.717, 1.165) is 16.9 Å². The number of carbonyl (C=O) groups is 1. The average Bonchev–Trinajstić information content (AvgIpc) is 3.12. The van der Waals surface area contributed by atoms with Gasteiger partial charge in [0.25, 0.3) is 11.6 Å². The highest BCUT2D eigenvalue weighted by Crippen LogP contribution is 2.24. The number of fused-ring (bicyclic) bond motifs is 1. The summed E-state index contributed by atoms with van der Waals surface area (Å²) < 4.78 is 1.91. The maximum absolute atomic E-state index is 12.5. The number of rotatable bonds is 4. The molecule has 132 valence electrons. The van der Waals surface area contributed by atoms with E-state index in [0.29, 0.717) is 5.69 Å². The van der Waals surface area contributed by atoms with E-state index in [1.165, 1.54) is 18.2 Å². The predicted molar refractivity (Wildman–Crippen MR) is 102 cm³/mol. The van der Waals surface area contributed by atoms with Crippen molar-refractivity contribution in [3.8, 4) is 11.3 Å². The minimum atomic E-state index is -0.567. The van der Waals surface area contributed by atoms with Crippen molar-refractivity contribution >= 4 is 22.9 Å². The Morgan fingerprint density at radius 1 is 1.04 bits per heavy atom. The van der Waals surface area contributed by atoms with Gasteiger partial charge in [0.05, 0.1) is 10.6 Å². The Bertz CT molecular complexity index is 1130. The van der Waals surface area contributed by atoms with Crippen LogP contribution in [0.15, 0.2) is 79.1 Å². The maximum Gasteiger partial charge on any atom is 0.282 e. The molecule has 0 unspecified atom stereocenters. The smallest absolute Gasteiger partial charge is 0.282 e. The summed E-state index contributed by atoms with van der Waals surface area (Å²) in [5.41, 5.74) is 2.74. The van der Waals surface area contributed by atoms with Crippen LogP contribution in [0, 0.1) is 10.1 Å². The Balaban J connectivity index is 1.63. The summed E-state index contributed by atoms with van der Waals surface area (Å²) in [5, 5.41) is 13.8. The van der Waals surface area contributed by atoms with Crippen LogP contribution in [0.1, 0.15) is 10.4 Å². The summed E-state index contributed by atoms with van der Waals surface area (Å²) in [6.45, 7) is 0. The lowest BCUT2D eigenvalue weighted by atomic mass is 10.1. The summed E-state index contributed by atoms with van der Waals surface area (Å²) in [5.74, 6) is -0.533. The lowest BCUT2D eigenvalue weighted by Crippen LogP contribution is -2.13. The highest BCUT2D eigenvalue weighted by atomic mass is 16.6. The van der Waals surface area contributed by atoms with Gasteiger partial charge in [-0.05, 0) is 30.3 Å². The molecule has 0 aliphatic rings. The van der Waals surface area contributed by atoms with Gasteiger partial charge in [-0.1, -0.05) is 30.3 Å². The number of hydrogen-bond donors (Lipinski definition) is 1. The van der Waals surface area contributed by atoms with E-state index in [9.17, 15) is 14.9 Å². The molecule has 0 atom stereocenters. The van der Waals surface area contributed by atoms with Gasteiger partial charge >= 0.3 is 0 Å². The van der Waals surface area contributed by atoms with Crippen LogP contribution in [0.4, 0.5) is 11.4 Å². The van der Waals surface area contributed by atoms with Crippen LogP contribution >= 0.6 is 0 Å². The van der Waals surface area contributed by atoms with Gasteiger partial charge < -0.3 is 9.72 Å². The third-order valence-electron chi connectivity index (χ3n) is 4.13. The van der Waals surface area contributed by atoms with Gasteiger partial charge in [0.2, 0.25) is 0 Å².